The average Bonchev–Trinajstić information content (AvgIpc) is 2.67. The number of ether oxygens (including phenoxy) is 1. The van der Waals surface area contributed by atoms with Gasteiger partial charge < -0.3 is 20.1 Å². The van der Waals surface area contributed by atoms with Crippen LogP contribution in [0, 0.1) is 0 Å². The first-order valence-electron chi connectivity index (χ1n) is 9.36. The van der Waals surface area contributed by atoms with E-state index in [1.807, 2.05) is 50.3 Å². The van der Waals surface area contributed by atoms with Crippen molar-refractivity contribution >= 4 is 27.6 Å². The molecule has 0 radical (unpaired) electrons. The summed E-state index contributed by atoms with van der Waals surface area (Å²) in [4.78, 5) is 0. The monoisotopic (exact) mass is 386 g/mol. The van der Waals surface area contributed by atoms with Gasteiger partial charge in [0.2, 0.25) is 0 Å². The Morgan fingerprint density at radius 3 is 1.86 bits per heavy atom. The third kappa shape index (κ3) is 3.97. The van der Waals surface area contributed by atoms with Crippen LogP contribution in [0.1, 0.15) is 19.4 Å². The Morgan fingerprint density at radius 2 is 1.21 bits per heavy atom. The molecule has 0 amide bonds. The summed E-state index contributed by atoms with van der Waals surface area (Å²) in [5.74, 6) is 1.58. The van der Waals surface area contributed by atoms with E-state index < -0.39 is 0 Å². The maximum atomic E-state index is 9.57. The number of phenols is 3. The molecule has 0 spiro atoms. The standard InChI is InChI=1S/C15H14O2.C10H8O2/c1-15(2)8-7-12-13-9-11(16)5-3-10(13)4-6-14(12)17-15;11-9-3-1-7-2-4-10(12)6-8(7)5-9/h3-9,16H,1-2H3;1-6,11-12H. The van der Waals surface area contributed by atoms with Gasteiger partial charge in [-0.2, -0.15) is 0 Å². The molecule has 3 N–H and O–H groups in total. The molecule has 0 bridgehead atoms. The van der Waals surface area contributed by atoms with E-state index in [1.54, 1.807) is 36.4 Å². The predicted octanol–water partition coefficient (Wildman–Crippen LogP) is 5.98. The van der Waals surface area contributed by atoms with Gasteiger partial charge in [-0.1, -0.05) is 30.3 Å². The van der Waals surface area contributed by atoms with E-state index in [1.165, 1.54) is 0 Å². The van der Waals surface area contributed by atoms with Gasteiger partial charge in [0.25, 0.3) is 0 Å². The predicted molar refractivity (Wildman–Crippen MR) is 117 cm³/mol. The van der Waals surface area contributed by atoms with Crippen molar-refractivity contribution in [3.8, 4) is 23.0 Å². The molecular weight excluding hydrogens is 364 g/mol. The first-order chi connectivity index (χ1) is 13.8. The van der Waals surface area contributed by atoms with Crippen molar-refractivity contribution in [3.63, 3.8) is 0 Å². The van der Waals surface area contributed by atoms with Crippen molar-refractivity contribution < 1.29 is 20.1 Å². The third-order valence-electron chi connectivity index (χ3n) is 4.84. The maximum absolute atomic E-state index is 9.57. The van der Waals surface area contributed by atoms with Crippen LogP contribution in [0.4, 0.5) is 0 Å². The number of benzene rings is 4. The minimum atomic E-state index is -0.266. The highest BCUT2D eigenvalue weighted by Crippen LogP contribution is 2.36. The van der Waals surface area contributed by atoms with E-state index in [2.05, 4.69) is 6.08 Å². The van der Waals surface area contributed by atoms with Crippen LogP contribution in [0.2, 0.25) is 0 Å². The lowest BCUT2D eigenvalue weighted by molar-refractivity contribution is 0.159. The van der Waals surface area contributed by atoms with Crippen LogP contribution in [0.3, 0.4) is 0 Å². The molecule has 1 aliphatic heterocycles. The molecule has 0 saturated heterocycles. The van der Waals surface area contributed by atoms with Crippen molar-refractivity contribution in [2.24, 2.45) is 0 Å². The highest BCUT2D eigenvalue weighted by Gasteiger charge is 2.22. The smallest absolute Gasteiger partial charge is 0.128 e. The minimum absolute atomic E-state index is 0.216. The fourth-order valence-electron chi connectivity index (χ4n) is 3.39. The molecule has 4 heteroatoms. The lowest BCUT2D eigenvalue weighted by Crippen LogP contribution is -2.27. The van der Waals surface area contributed by atoms with E-state index in [0.717, 1.165) is 32.9 Å². The molecule has 0 aliphatic carbocycles. The summed E-state index contributed by atoms with van der Waals surface area (Å²) in [6, 6.07) is 19.5. The number of phenolic OH excluding ortho intramolecular Hbond substituents is 3. The van der Waals surface area contributed by atoms with Crippen LogP contribution >= 0.6 is 0 Å². The average molecular weight is 386 g/mol. The number of hydrogen-bond donors (Lipinski definition) is 3. The number of hydrogen-bond acceptors (Lipinski definition) is 4. The van der Waals surface area contributed by atoms with E-state index in [9.17, 15) is 5.11 Å². The van der Waals surface area contributed by atoms with E-state index in [-0.39, 0.29) is 22.8 Å². The molecule has 0 unspecified atom stereocenters. The Labute approximate surface area is 168 Å². The lowest BCUT2D eigenvalue weighted by atomic mass is 9.97. The van der Waals surface area contributed by atoms with Crippen molar-refractivity contribution in [2.75, 3.05) is 0 Å². The van der Waals surface area contributed by atoms with Crippen molar-refractivity contribution in [1.82, 2.24) is 0 Å². The van der Waals surface area contributed by atoms with Crippen molar-refractivity contribution in [1.29, 1.82) is 0 Å². The maximum Gasteiger partial charge on any atom is 0.128 e. The molecule has 146 valence electrons. The second kappa shape index (κ2) is 7.06. The molecule has 1 heterocycles. The third-order valence-corrected chi connectivity index (χ3v) is 4.84. The van der Waals surface area contributed by atoms with Gasteiger partial charge in [0, 0.05) is 5.56 Å². The van der Waals surface area contributed by atoms with Gasteiger partial charge in [-0.15, -0.1) is 0 Å². The van der Waals surface area contributed by atoms with Crippen LogP contribution in [-0.4, -0.2) is 20.9 Å². The highest BCUT2D eigenvalue weighted by molar-refractivity contribution is 5.94. The molecule has 5 rings (SSSR count). The first kappa shape index (κ1) is 18.7. The van der Waals surface area contributed by atoms with Crippen molar-refractivity contribution in [3.05, 3.63) is 78.4 Å². The zero-order chi connectivity index (χ0) is 20.6. The Balaban J connectivity index is 0.000000150. The second-order valence-electron chi connectivity index (χ2n) is 7.64. The summed E-state index contributed by atoms with van der Waals surface area (Å²) in [5.41, 5.74) is 0.773. The van der Waals surface area contributed by atoms with Crippen LogP contribution in [0.15, 0.2) is 72.8 Å². The summed E-state index contributed by atoms with van der Waals surface area (Å²) in [6.45, 7) is 4.05. The fraction of sp³-hybridized carbons (Fsp3) is 0.120. The largest absolute Gasteiger partial charge is 0.508 e. The summed E-state index contributed by atoms with van der Waals surface area (Å²) >= 11 is 0. The molecule has 0 atom stereocenters. The summed E-state index contributed by atoms with van der Waals surface area (Å²) in [7, 11) is 0. The van der Waals surface area contributed by atoms with E-state index in [0.29, 0.717) is 0 Å². The molecule has 4 aromatic rings. The minimum Gasteiger partial charge on any atom is -0.508 e. The van der Waals surface area contributed by atoms with Gasteiger partial charge >= 0.3 is 0 Å². The Kier molecular flexibility index (Phi) is 4.55. The molecular formula is C25H22O4. The van der Waals surface area contributed by atoms with Gasteiger partial charge in [0.15, 0.2) is 0 Å². The summed E-state index contributed by atoms with van der Waals surface area (Å²) < 4.78 is 5.90. The number of rotatable bonds is 0. The fourth-order valence-corrected chi connectivity index (χ4v) is 3.39. The molecule has 1 aliphatic rings. The molecule has 0 aromatic heterocycles. The van der Waals surface area contributed by atoms with Crippen LogP contribution in [0.5, 0.6) is 23.0 Å². The van der Waals surface area contributed by atoms with Gasteiger partial charge in [-0.25, -0.2) is 0 Å². The molecule has 0 saturated carbocycles. The topological polar surface area (TPSA) is 69.9 Å². The SMILES string of the molecule is CC1(C)C=Cc2c(ccc3ccc(O)cc23)O1.Oc1ccc2ccc(O)cc2c1. The molecule has 29 heavy (non-hydrogen) atoms. The van der Waals surface area contributed by atoms with Gasteiger partial charge in [-0.05, 0) is 83.9 Å². The zero-order valence-electron chi connectivity index (χ0n) is 16.3. The molecule has 4 aromatic carbocycles. The Morgan fingerprint density at radius 1 is 0.655 bits per heavy atom. The molecule has 0 fully saturated rings. The normalized spacial score (nSPS) is 14.0. The van der Waals surface area contributed by atoms with Gasteiger partial charge in [-0.3, -0.25) is 0 Å². The van der Waals surface area contributed by atoms with E-state index >= 15 is 0 Å². The highest BCUT2D eigenvalue weighted by atomic mass is 16.5. The Hall–Kier alpha value is -3.66. The zero-order valence-corrected chi connectivity index (χ0v) is 16.3. The van der Waals surface area contributed by atoms with Gasteiger partial charge in [0.05, 0.1) is 0 Å². The first-order valence-corrected chi connectivity index (χ1v) is 9.36. The van der Waals surface area contributed by atoms with Crippen molar-refractivity contribution in [2.45, 2.75) is 19.4 Å². The van der Waals surface area contributed by atoms with Gasteiger partial charge in [0.1, 0.15) is 28.6 Å². The lowest BCUT2D eigenvalue weighted by Gasteiger charge is -2.28. The van der Waals surface area contributed by atoms with Crippen LogP contribution < -0.4 is 4.74 Å². The number of aromatic hydroxyl groups is 3. The quantitative estimate of drug-likeness (QED) is 0.348. The molecule has 4 nitrogen and oxygen atoms in total. The summed E-state index contributed by atoms with van der Waals surface area (Å²) in [6.07, 6.45) is 4.11. The summed E-state index contributed by atoms with van der Waals surface area (Å²) in [5, 5.41) is 31.8. The second-order valence-corrected chi connectivity index (χ2v) is 7.64. The van der Waals surface area contributed by atoms with Crippen LogP contribution in [0.25, 0.3) is 27.6 Å². The number of fused-ring (bicyclic) bond motifs is 4. The van der Waals surface area contributed by atoms with E-state index in [4.69, 9.17) is 14.9 Å². The van der Waals surface area contributed by atoms with Crippen LogP contribution in [-0.2, 0) is 0 Å². The Bertz CT molecular complexity index is 1200.